The van der Waals surface area contributed by atoms with Gasteiger partial charge >= 0.3 is 5.97 Å². The summed E-state index contributed by atoms with van der Waals surface area (Å²) in [6.07, 6.45) is 0.135. The highest BCUT2D eigenvalue weighted by molar-refractivity contribution is 5.69. The van der Waals surface area contributed by atoms with Gasteiger partial charge in [0.2, 0.25) is 0 Å². The second-order valence-electron chi connectivity index (χ2n) is 4.74. The lowest BCUT2D eigenvalue weighted by atomic mass is 10.4. The summed E-state index contributed by atoms with van der Waals surface area (Å²) in [6, 6.07) is 0. The predicted octanol–water partition coefficient (Wildman–Crippen LogP) is 1.04. The lowest BCUT2D eigenvalue weighted by Crippen LogP contribution is -2.28. The summed E-state index contributed by atoms with van der Waals surface area (Å²) < 4.78 is 20.9. The van der Waals surface area contributed by atoms with Crippen LogP contribution in [0, 0.1) is 0 Å². The Bertz CT molecular complexity index is 266. The first-order chi connectivity index (χ1) is 9.65. The maximum absolute atomic E-state index is 11.6. The molecule has 20 heavy (non-hydrogen) atoms. The number of carbonyl (C=O) groups is 1. The molecule has 1 aliphatic rings. The van der Waals surface area contributed by atoms with Gasteiger partial charge in [-0.15, -0.1) is 0 Å². The first-order valence-corrected chi connectivity index (χ1v) is 7.38. The van der Waals surface area contributed by atoms with Crippen molar-refractivity contribution in [1.82, 2.24) is 4.90 Å². The van der Waals surface area contributed by atoms with E-state index in [1.807, 2.05) is 0 Å². The van der Waals surface area contributed by atoms with Crippen LogP contribution in [0.3, 0.4) is 0 Å². The van der Waals surface area contributed by atoms with Gasteiger partial charge in [0.15, 0.2) is 6.29 Å². The molecule has 0 aromatic carbocycles. The van der Waals surface area contributed by atoms with Crippen molar-refractivity contribution in [3.05, 3.63) is 0 Å². The lowest BCUT2D eigenvalue weighted by molar-refractivity contribution is -0.177. The van der Waals surface area contributed by atoms with E-state index in [9.17, 15) is 4.79 Å². The molecule has 1 rings (SSSR count). The summed E-state index contributed by atoms with van der Waals surface area (Å²) in [5.41, 5.74) is 0. The predicted molar refractivity (Wildman–Crippen MR) is 74.5 cm³/mol. The first kappa shape index (κ1) is 17.4. The third-order valence-electron chi connectivity index (χ3n) is 3.11. The fraction of sp³-hybridized carbons (Fsp3) is 0.929. The minimum absolute atomic E-state index is 0.225. The Morgan fingerprint density at radius 1 is 1.35 bits per heavy atom. The summed E-state index contributed by atoms with van der Waals surface area (Å²) in [7, 11) is 0. The molecule has 0 aromatic rings. The van der Waals surface area contributed by atoms with Crippen LogP contribution in [0.2, 0.25) is 0 Å². The zero-order valence-electron chi connectivity index (χ0n) is 12.8. The van der Waals surface area contributed by atoms with Gasteiger partial charge in [-0.2, -0.15) is 0 Å². The quantitative estimate of drug-likeness (QED) is 0.231. The molecule has 1 aliphatic heterocycles. The molecule has 0 radical (unpaired) electrons. The van der Waals surface area contributed by atoms with Crippen molar-refractivity contribution < 1.29 is 23.7 Å². The zero-order chi connectivity index (χ0) is 14.8. The van der Waals surface area contributed by atoms with Gasteiger partial charge in [-0.25, -0.2) is 0 Å². The molecule has 6 heteroatoms. The van der Waals surface area contributed by atoms with Crippen LogP contribution in [-0.4, -0.2) is 69.3 Å². The molecule has 6 nitrogen and oxygen atoms in total. The third kappa shape index (κ3) is 8.47. The van der Waals surface area contributed by atoms with Gasteiger partial charge < -0.3 is 23.8 Å². The Hall–Kier alpha value is -0.690. The Kier molecular flexibility index (Phi) is 8.77. The average Bonchev–Trinajstić information content (AvgIpc) is 3.23. The number of nitrogens with zero attached hydrogens (tertiary/aromatic N) is 1. The number of ether oxygens (including phenoxy) is 4. The Labute approximate surface area is 121 Å². The second kappa shape index (κ2) is 10.1. The molecular weight excluding hydrogens is 262 g/mol. The summed E-state index contributed by atoms with van der Waals surface area (Å²) in [4.78, 5) is 13.8. The van der Waals surface area contributed by atoms with E-state index in [2.05, 4.69) is 18.7 Å². The Balaban J connectivity index is 1.96. The fourth-order valence-electron chi connectivity index (χ4n) is 1.72. The Morgan fingerprint density at radius 2 is 2.05 bits per heavy atom. The highest BCUT2D eigenvalue weighted by Gasteiger charge is 2.22. The molecule has 2 atom stereocenters. The van der Waals surface area contributed by atoms with Crippen molar-refractivity contribution in [1.29, 1.82) is 0 Å². The second-order valence-corrected chi connectivity index (χ2v) is 4.74. The van der Waals surface area contributed by atoms with Gasteiger partial charge in [-0.1, -0.05) is 13.8 Å². The molecule has 0 aromatic heterocycles. The number of carbonyl (C=O) groups excluding carboxylic acids is 1. The van der Waals surface area contributed by atoms with Crippen LogP contribution in [0.4, 0.5) is 0 Å². The van der Waals surface area contributed by atoms with E-state index in [0.29, 0.717) is 26.2 Å². The maximum atomic E-state index is 11.6. The van der Waals surface area contributed by atoms with Crippen LogP contribution < -0.4 is 0 Å². The monoisotopic (exact) mass is 289 g/mol. The minimum Gasteiger partial charge on any atom is -0.436 e. The molecule has 0 saturated carbocycles. The molecule has 0 spiro atoms. The van der Waals surface area contributed by atoms with Crippen molar-refractivity contribution in [3.8, 4) is 0 Å². The van der Waals surface area contributed by atoms with Gasteiger partial charge in [0.1, 0.15) is 6.10 Å². The highest BCUT2D eigenvalue weighted by atomic mass is 16.7. The van der Waals surface area contributed by atoms with E-state index >= 15 is 0 Å². The van der Waals surface area contributed by atoms with Gasteiger partial charge in [-0.05, 0) is 20.0 Å². The SMILES string of the molecule is CCN(CC)CCC(=O)OC(C)OCCOCC1CO1. The van der Waals surface area contributed by atoms with E-state index in [1.54, 1.807) is 6.92 Å². The molecule has 0 aliphatic carbocycles. The van der Waals surface area contributed by atoms with E-state index in [-0.39, 0.29) is 12.1 Å². The summed E-state index contributed by atoms with van der Waals surface area (Å²) >= 11 is 0. The first-order valence-electron chi connectivity index (χ1n) is 7.38. The zero-order valence-corrected chi connectivity index (χ0v) is 12.8. The lowest BCUT2D eigenvalue weighted by Gasteiger charge is -2.18. The van der Waals surface area contributed by atoms with Crippen molar-refractivity contribution >= 4 is 5.97 Å². The number of hydrogen-bond acceptors (Lipinski definition) is 6. The van der Waals surface area contributed by atoms with Crippen LogP contribution >= 0.6 is 0 Å². The van der Waals surface area contributed by atoms with Gasteiger partial charge in [-0.3, -0.25) is 4.79 Å². The maximum Gasteiger partial charge on any atom is 0.309 e. The van der Waals surface area contributed by atoms with Crippen molar-refractivity contribution in [2.24, 2.45) is 0 Å². The van der Waals surface area contributed by atoms with Crippen molar-refractivity contribution in [2.75, 3.05) is 46.1 Å². The van der Waals surface area contributed by atoms with E-state index < -0.39 is 6.29 Å². The van der Waals surface area contributed by atoms with Crippen LogP contribution in [0.25, 0.3) is 0 Å². The smallest absolute Gasteiger partial charge is 0.309 e. The van der Waals surface area contributed by atoms with Crippen molar-refractivity contribution in [2.45, 2.75) is 39.6 Å². The molecule has 0 bridgehead atoms. The molecule has 1 heterocycles. The number of hydrogen-bond donors (Lipinski definition) is 0. The van der Waals surface area contributed by atoms with Gasteiger partial charge in [0.05, 0.1) is 32.8 Å². The molecule has 0 amide bonds. The molecule has 0 N–H and O–H groups in total. The highest BCUT2D eigenvalue weighted by Crippen LogP contribution is 2.08. The van der Waals surface area contributed by atoms with Crippen LogP contribution in [0.1, 0.15) is 27.2 Å². The normalized spacial score (nSPS) is 19.1. The number of epoxide rings is 1. The molecule has 1 fully saturated rings. The van der Waals surface area contributed by atoms with E-state index in [4.69, 9.17) is 18.9 Å². The van der Waals surface area contributed by atoms with Crippen LogP contribution in [0.15, 0.2) is 0 Å². The van der Waals surface area contributed by atoms with Crippen LogP contribution in [-0.2, 0) is 23.7 Å². The molecule has 118 valence electrons. The standard InChI is InChI=1S/C14H27NO5/c1-4-15(5-2)7-6-14(16)20-12(3)18-9-8-17-10-13-11-19-13/h12-13H,4-11H2,1-3H3. The van der Waals surface area contributed by atoms with E-state index in [0.717, 1.165) is 26.2 Å². The fourth-order valence-corrected chi connectivity index (χ4v) is 1.72. The number of rotatable bonds is 12. The Morgan fingerprint density at radius 3 is 2.65 bits per heavy atom. The average molecular weight is 289 g/mol. The third-order valence-corrected chi connectivity index (χ3v) is 3.11. The summed E-state index contributed by atoms with van der Waals surface area (Å²) in [6.45, 7) is 10.8. The topological polar surface area (TPSA) is 60.5 Å². The van der Waals surface area contributed by atoms with Crippen molar-refractivity contribution in [3.63, 3.8) is 0 Å². The minimum atomic E-state index is -0.528. The van der Waals surface area contributed by atoms with Gasteiger partial charge in [0.25, 0.3) is 0 Å². The number of esters is 1. The summed E-state index contributed by atoms with van der Waals surface area (Å²) in [5, 5.41) is 0. The van der Waals surface area contributed by atoms with Crippen LogP contribution in [0.5, 0.6) is 0 Å². The molecular formula is C14H27NO5. The molecule has 1 saturated heterocycles. The largest absolute Gasteiger partial charge is 0.436 e. The van der Waals surface area contributed by atoms with Gasteiger partial charge in [0, 0.05) is 6.54 Å². The summed E-state index contributed by atoms with van der Waals surface area (Å²) in [5.74, 6) is -0.225. The molecule has 2 unspecified atom stereocenters. The van der Waals surface area contributed by atoms with E-state index in [1.165, 1.54) is 0 Å².